The molecule has 66 valence electrons. The summed E-state index contributed by atoms with van der Waals surface area (Å²) in [6, 6.07) is 0. The van der Waals surface area contributed by atoms with E-state index in [1.165, 1.54) is 0 Å². The van der Waals surface area contributed by atoms with Gasteiger partial charge in [0.05, 0.1) is 0 Å². The van der Waals surface area contributed by atoms with Crippen molar-refractivity contribution in [2.45, 2.75) is 45.5 Å². The highest BCUT2D eigenvalue weighted by molar-refractivity contribution is 4.83. The summed E-state index contributed by atoms with van der Waals surface area (Å²) in [6.45, 7) is 3.90. The fourth-order valence-corrected chi connectivity index (χ4v) is 1.93. The number of hydrogen-bond acceptors (Lipinski definition) is 0. The minimum atomic E-state index is -0.913. The van der Waals surface area contributed by atoms with E-state index < -0.39 is 12.3 Å². The first-order chi connectivity index (χ1) is 5.15. The molecule has 1 saturated carbocycles. The summed E-state index contributed by atoms with van der Waals surface area (Å²) in [4.78, 5) is 0. The first-order valence-corrected chi connectivity index (χ1v) is 4.43. The molecule has 0 aromatic carbocycles. The van der Waals surface area contributed by atoms with E-state index in [0.717, 1.165) is 6.42 Å². The highest BCUT2D eigenvalue weighted by atomic mass is 19.1. The summed E-state index contributed by atoms with van der Waals surface area (Å²) in [5, 5.41) is 0. The van der Waals surface area contributed by atoms with Crippen molar-refractivity contribution in [2.24, 2.45) is 11.8 Å². The van der Waals surface area contributed by atoms with E-state index in [1.54, 1.807) is 0 Å². The third kappa shape index (κ3) is 1.91. The van der Waals surface area contributed by atoms with Crippen molar-refractivity contribution in [1.29, 1.82) is 0 Å². The zero-order chi connectivity index (χ0) is 8.43. The molecule has 0 amide bonds. The predicted octanol–water partition coefficient (Wildman–Crippen LogP) is 3.12. The van der Waals surface area contributed by atoms with Crippen LogP contribution in [0.4, 0.5) is 8.78 Å². The van der Waals surface area contributed by atoms with E-state index in [4.69, 9.17) is 0 Å². The molecule has 0 saturated heterocycles. The molecule has 0 heterocycles. The summed E-state index contributed by atoms with van der Waals surface area (Å²) in [7, 11) is 0. The Balaban J connectivity index is 2.51. The van der Waals surface area contributed by atoms with Gasteiger partial charge in [-0.05, 0) is 18.3 Å². The van der Waals surface area contributed by atoms with Gasteiger partial charge in [0.15, 0.2) is 0 Å². The minimum absolute atomic E-state index is 0.0620. The molecular weight excluding hydrogens is 146 g/mol. The smallest absolute Gasteiger partial charge is 0.106 e. The highest BCUT2D eigenvalue weighted by Gasteiger charge is 2.34. The first-order valence-electron chi connectivity index (χ1n) is 4.43. The fraction of sp³-hybridized carbons (Fsp3) is 1.00. The monoisotopic (exact) mass is 162 g/mol. The van der Waals surface area contributed by atoms with Gasteiger partial charge < -0.3 is 0 Å². The number of halogens is 2. The summed E-state index contributed by atoms with van der Waals surface area (Å²) < 4.78 is 25.8. The lowest BCUT2D eigenvalue weighted by Crippen LogP contribution is -2.32. The van der Waals surface area contributed by atoms with E-state index >= 15 is 0 Å². The Morgan fingerprint density at radius 1 is 1.27 bits per heavy atom. The Bertz CT molecular complexity index is 125. The second kappa shape index (κ2) is 3.51. The highest BCUT2D eigenvalue weighted by Crippen LogP contribution is 2.35. The van der Waals surface area contributed by atoms with Crippen LogP contribution in [0.1, 0.15) is 33.1 Å². The van der Waals surface area contributed by atoms with Crippen LogP contribution in [0.5, 0.6) is 0 Å². The molecule has 0 aromatic heterocycles. The molecule has 1 aliphatic rings. The van der Waals surface area contributed by atoms with Crippen LogP contribution in [0.25, 0.3) is 0 Å². The topological polar surface area (TPSA) is 0 Å². The van der Waals surface area contributed by atoms with Gasteiger partial charge in [-0.1, -0.05) is 20.3 Å². The first kappa shape index (κ1) is 8.95. The van der Waals surface area contributed by atoms with Crippen molar-refractivity contribution in [3.8, 4) is 0 Å². The molecule has 0 aromatic rings. The van der Waals surface area contributed by atoms with Gasteiger partial charge in [0.25, 0.3) is 0 Å². The molecule has 4 unspecified atom stereocenters. The van der Waals surface area contributed by atoms with E-state index in [0.29, 0.717) is 6.42 Å². The van der Waals surface area contributed by atoms with Crippen LogP contribution in [-0.2, 0) is 0 Å². The fourth-order valence-electron chi connectivity index (χ4n) is 1.93. The van der Waals surface area contributed by atoms with E-state index in [2.05, 4.69) is 0 Å². The van der Waals surface area contributed by atoms with Crippen molar-refractivity contribution < 1.29 is 8.78 Å². The molecule has 2 heteroatoms. The second-order valence-corrected chi connectivity index (χ2v) is 3.61. The van der Waals surface area contributed by atoms with Gasteiger partial charge in [-0.3, -0.25) is 0 Å². The number of hydrogen-bond donors (Lipinski definition) is 0. The van der Waals surface area contributed by atoms with Crippen LogP contribution in [0, 0.1) is 11.8 Å². The van der Waals surface area contributed by atoms with Gasteiger partial charge in [-0.15, -0.1) is 0 Å². The molecule has 1 aliphatic carbocycles. The average molecular weight is 162 g/mol. The lowest BCUT2D eigenvalue weighted by molar-refractivity contribution is 0.0596. The van der Waals surface area contributed by atoms with Gasteiger partial charge in [0.1, 0.15) is 12.3 Å². The maximum absolute atomic E-state index is 13.0. The zero-order valence-electron chi connectivity index (χ0n) is 7.19. The van der Waals surface area contributed by atoms with Crippen LogP contribution in [0.15, 0.2) is 0 Å². The summed E-state index contributed by atoms with van der Waals surface area (Å²) in [5.41, 5.74) is 0. The van der Waals surface area contributed by atoms with Crippen LogP contribution in [0.2, 0.25) is 0 Å². The normalized spacial score (nSPS) is 45.8. The lowest BCUT2D eigenvalue weighted by atomic mass is 9.77. The molecule has 0 aliphatic heterocycles. The van der Waals surface area contributed by atoms with Gasteiger partial charge >= 0.3 is 0 Å². The third-order valence-electron chi connectivity index (χ3n) is 2.88. The summed E-state index contributed by atoms with van der Waals surface area (Å²) in [5.74, 6) is 0.320. The lowest BCUT2D eigenvalue weighted by Gasteiger charge is -2.32. The Kier molecular flexibility index (Phi) is 2.85. The second-order valence-electron chi connectivity index (χ2n) is 3.61. The predicted molar refractivity (Wildman–Crippen MR) is 42.0 cm³/mol. The van der Waals surface area contributed by atoms with Crippen LogP contribution in [-0.4, -0.2) is 12.3 Å². The average Bonchev–Trinajstić information content (AvgIpc) is 1.96. The SMILES string of the molecule is CCC1CC(F)CC(F)C1C. The number of alkyl halides is 2. The molecule has 0 spiro atoms. The molecule has 0 N–H and O–H groups in total. The zero-order valence-corrected chi connectivity index (χ0v) is 7.19. The molecule has 0 bridgehead atoms. The maximum Gasteiger partial charge on any atom is 0.106 e. The molecular formula is C9H16F2. The van der Waals surface area contributed by atoms with Crippen molar-refractivity contribution >= 4 is 0 Å². The van der Waals surface area contributed by atoms with E-state index in [1.807, 2.05) is 13.8 Å². The van der Waals surface area contributed by atoms with Crippen molar-refractivity contribution in [1.82, 2.24) is 0 Å². The Hall–Kier alpha value is -0.140. The molecule has 1 fully saturated rings. The van der Waals surface area contributed by atoms with Gasteiger partial charge in [-0.2, -0.15) is 0 Å². The van der Waals surface area contributed by atoms with Crippen molar-refractivity contribution in [3.05, 3.63) is 0 Å². The van der Waals surface area contributed by atoms with E-state index in [-0.39, 0.29) is 18.3 Å². The van der Waals surface area contributed by atoms with Crippen LogP contribution >= 0.6 is 0 Å². The largest absolute Gasteiger partial charge is 0.247 e. The van der Waals surface area contributed by atoms with Gasteiger partial charge in [0, 0.05) is 6.42 Å². The summed E-state index contributed by atoms with van der Waals surface area (Å²) >= 11 is 0. The van der Waals surface area contributed by atoms with Crippen molar-refractivity contribution in [2.75, 3.05) is 0 Å². The summed E-state index contributed by atoms with van der Waals surface area (Å²) in [6.07, 6.45) is -0.215. The van der Waals surface area contributed by atoms with Gasteiger partial charge in [0.2, 0.25) is 0 Å². The maximum atomic E-state index is 13.0. The minimum Gasteiger partial charge on any atom is -0.247 e. The number of rotatable bonds is 1. The van der Waals surface area contributed by atoms with Gasteiger partial charge in [-0.25, -0.2) is 8.78 Å². The quantitative estimate of drug-likeness (QED) is 0.555. The molecule has 1 rings (SSSR count). The Morgan fingerprint density at radius 2 is 1.91 bits per heavy atom. The Morgan fingerprint density at radius 3 is 2.45 bits per heavy atom. The van der Waals surface area contributed by atoms with Crippen molar-refractivity contribution in [3.63, 3.8) is 0 Å². The third-order valence-corrected chi connectivity index (χ3v) is 2.88. The van der Waals surface area contributed by atoms with Crippen LogP contribution in [0.3, 0.4) is 0 Å². The molecule has 11 heavy (non-hydrogen) atoms. The molecule has 0 radical (unpaired) electrons. The van der Waals surface area contributed by atoms with E-state index in [9.17, 15) is 8.78 Å². The molecule has 0 nitrogen and oxygen atoms in total. The Labute approximate surface area is 67.0 Å². The standard InChI is InChI=1S/C9H16F2/c1-3-7-4-8(10)5-9(11)6(7)2/h6-9H,3-5H2,1-2H3. The van der Waals surface area contributed by atoms with Crippen LogP contribution < -0.4 is 0 Å². The molecule has 4 atom stereocenters.